The van der Waals surface area contributed by atoms with Crippen LogP contribution in [0.15, 0.2) is 32.8 Å². The van der Waals surface area contributed by atoms with E-state index >= 15 is 0 Å². The average Bonchev–Trinajstić information content (AvgIpc) is 3.16. The Kier molecular flexibility index (Phi) is 8.45. The third kappa shape index (κ3) is 5.30. The maximum absolute atomic E-state index is 12.3. The molecule has 0 bridgehead atoms. The monoisotopic (exact) mass is 433 g/mol. The Labute approximate surface area is 172 Å². The fourth-order valence-electron chi connectivity index (χ4n) is 2.36. The Morgan fingerprint density at radius 3 is 2.74 bits per heavy atom. The molecular weight excluding hydrogens is 413 g/mol. The van der Waals surface area contributed by atoms with Crippen LogP contribution >= 0.6 is 36.2 Å². The van der Waals surface area contributed by atoms with Crippen molar-refractivity contribution < 1.29 is 9.21 Å². The van der Waals surface area contributed by atoms with Crippen molar-refractivity contribution in [2.45, 2.75) is 13.1 Å². The maximum Gasteiger partial charge on any atom is 0.419 e. The number of fused-ring (bicyclic) bond motifs is 1. The number of halogens is 2. The number of hydrogen-bond acceptors (Lipinski definition) is 7. The second-order valence-electron chi connectivity index (χ2n) is 5.79. The number of nitrogens with two attached hydrogens (primary N) is 1. The molecule has 2 heterocycles. The third-order valence-corrected chi connectivity index (χ3v) is 4.53. The molecule has 0 radical (unpaired) electrons. The molecule has 1 aromatic carbocycles. The molecule has 8 nitrogen and oxygen atoms in total. The first-order valence-electron chi connectivity index (χ1n) is 7.72. The van der Waals surface area contributed by atoms with Gasteiger partial charge in [-0.05, 0) is 32.3 Å². The van der Waals surface area contributed by atoms with Crippen LogP contribution in [0.4, 0.5) is 5.69 Å². The molecule has 0 aliphatic carbocycles. The molecule has 0 saturated carbocycles. The number of anilines is 1. The van der Waals surface area contributed by atoms with Crippen molar-refractivity contribution in [2.75, 3.05) is 26.0 Å². The Morgan fingerprint density at radius 1 is 1.37 bits per heavy atom. The summed E-state index contributed by atoms with van der Waals surface area (Å²) >= 11 is 1.34. The highest BCUT2D eigenvalue weighted by molar-refractivity contribution is 7.09. The number of likely N-dealkylation sites (N-methyl/N-ethyl adjacent to an activating group) is 1. The van der Waals surface area contributed by atoms with E-state index in [2.05, 4.69) is 10.3 Å². The van der Waals surface area contributed by atoms with Gasteiger partial charge >= 0.3 is 5.76 Å². The lowest BCUT2D eigenvalue weighted by molar-refractivity contribution is 0.102. The predicted octanol–water partition coefficient (Wildman–Crippen LogP) is 2.17. The highest BCUT2D eigenvalue weighted by atomic mass is 35.5. The summed E-state index contributed by atoms with van der Waals surface area (Å²) in [5.41, 5.74) is 7.54. The van der Waals surface area contributed by atoms with E-state index in [1.54, 1.807) is 28.1 Å². The van der Waals surface area contributed by atoms with E-state index in [9.17, 15) is 9.59 Å². The summed E-state index contributed by atoms with van der Waals surface area (Å²) in [7, 11) is 3.87. The molecule has 1 amide bonds. The molecule has 11 heteroatoms. The number of amides is 1. The Morgan fingerprint density at radius 2 is 2.11 bits per heavy atom. The second kappa shape index (κ2) is 9.86. The first kappa shape index (κ1) is 23.1. The molecule has 3 N–H and O–H groups in total. The van der Waals surface area contributed by atoms with Crippen molar-refractivity contribution >= 4 is 58.8 Å². The summed E-state index contributed by atoms with van der Waals surface area (Å²) < 4.78 is 6.80. The molecule has 148 valence electrons. The first-order valence-corrected chi connectivity index (χ1v) is 8.60. The van der Waals surface area contributed by atoms with Gasteiger partial charge in [0.1, 0.15) is 10.7 Å². The van der Waals surface area contributed by atoms with Crippen LogP contribution < -0.4 is 16.8 Å². The third-order valence-electron chi connectivity index (χ3n) is 3.66. The highest BCUT2D eigenvalue weighted by Gasteiger charge is 2.13. The standard InChI is InChI=1S/C16H19N5O3S.2ClH/c1-20(2)5-6-21-12-7-10(3-4-13(12)24-16(21)23)18-15(22)11-9-25-14(8-17)19-11;;/h3-4,7,9H,5-6,8,17H2,1-2H3,(H,18,22);2*1H. The molecule has 0 unspecified atom stereocenters. The lowest BCUT2D eigenvalue weighted by atomic mass is 10.2. The van der Waals surface area contributed by atoms with Crippen molar-refractivity contribution in [3.63, 3.8) is 0 Å². The number of carbonyl (C=O) groups excluding carboxylic acids is 1. The van der Waals surface area contributed by atoms with Gasteiger partial charge in [0.25, 0.3) is 5.91 Å². The van der Waals surface area contributed by atoms with Crippen molar-refractivity contribution in [3.05, 3.63) is 44.8 Å². The number of rotatable bonds is 6. The predicted molar refractivity (Wildman–Crippen MR) is 111 cm³/mol. The molecular formula is C16H21Cl2N5O3S. The highest BCUT2D eigenvalue weighted by Crippen LogP contribution is 2.19. The van der Waals surface area contributed by atoms with Gasteiger partial charge in [0.05, 0.1) is 5.52 Å². The number of nitrogens with zero attached hydrogens (tertiary/aromatic N) is 3. The van der Waals surface area contributed by atoms with Crippen LogP contribution in [0.3, 0.4) is 0 Å². The van der Waals surface area contributed by atoms with Gasteiger partial charge in [-0.2, -0.15) is 0 Å². The van der Waals surface area contributed by atoms with Gasteiger partial charge in [0.15, 0.2) is 5.58 Å². The number of benzene rings is 1. The molecule has 0 aliphatic rings. The number of carbonyl (C=O) groups is 1. The minimum Gasteiger partial charge on any atom is -0.408 e. The van der Waals surface area contributed by atoms with Crippen LogP contribution in [0.5, 0.6) is 0 Å². The molecule has 27 heavy (non-hydrogen) atoms. The van der Waals surface area contributed by atoms with Gasteiger partial charge < -0.3 is 20.4 Å². The number of oxazole rings is 1. The van der Waals surface area contributed by atoms with Gasteiger partial charge in [0, 0.05) is 30.7 Å². The van der Waals surface area contributed by atoms with Gasteiger partial charge in [-0.25, -0.2) is 9.78 Å². The van der Waals surface area contributed by atoms with Crippen molar-refractivity contribution in [3.8, 4) is 0 Å². The van der Waals surface area contributed by atoms with Gasteiger partial charge in [-0.3, -0.25) is 9.36 Å². The maximum atomic E-state index is 12.3. The molecule has 3 aromatic rings. The van der Waals surface area contributed by atoms with Crippen molar-refractivity contribution in [1.82, 2.24) is 14.5 Å². The molecule has 3 rings (SSSR count). The first-order chi connectivity index (χ1) is 12.0. The molecule has 0 atom stereocenters. The van der Waals surface area contributed by atoms with Gasteiger partial charge in [-0.1, -0.05) is 0 Å². The summed E-state index contributed by atoms with van der Waals surface area (Å²) in [6, 6.07) is 5.09. The van der Waals surface area contributed by atoms with Crippen molar-refractivity contribution in [2.24, 2.45) is 5.73 Å². The van der Waals surface area contributed by atoms with E-state index in [4.69, 9.17) is 10.2 Å². The normalized spacial score (nSPS) is 10.5. The van der Waals surface area contributed by atoms with Gasteiger partial charge in [0.2, 0.25) is 0 Å². The zero-order valence-corrected chi connectivity index (χ0v) is 17.2. The fourth-order valence-corrected chi connectivity index (χ4v) is 3.01. The minimum absolute atomic E-state index is 0. The molecule has 2 aromatic heterocycles. The molecule has 0 fully saturated rings. The Bertz CT molecular complexity index is 967. The zero-order valence-electron chi connectivity index (χ0n) is 14.8. The summed E-state index contributed by atoms with van der Waals surface area (Å²) in [5.74, 6) is -0.728. The quantitative estimate of drug-likeness (QED) is 0.616. The molecule has 0 spiro atoms. The van der Waals surface area contributed by atoms with E-state index in [-0.39, 0.29) is 30.7 Å². The zero-order chi connectivity index (χ0) is 18.0. The van der Waals surface area contributed by atoms with E-state index in [1.165, 1.54) is 11.3 Å². The van der Waals surface area contributed by atoms with E-state index < -0.39 is 5.76 Å². The summed E-state index contributed by atoms with van der Waals surface area (Å²) in [6.07, 6.45) is 0. The SMILES string of the molecule is CN(C)CCn1c(=O)oc2ccc(NC(=O)c3csc(CN)n3)cc21.Cl.Cl. The number of hydrogen-bond donors (Lipinski definition) is 2. The Balaban J connectivity index is 0.00000182. The van der Waals surface area contributed by atoms with Crippen molar-refractivity contribution in [1.29, 1.82) is 0 Å². The van der Waals surface area contributed by atoms with E-state index in [0.717, 1.165) is 0 Å². The van der Waals surface area contributed by atoms with Crippen LogP contribution in [0.25, 0.3) is 11.1 Å². The lowest BCUT2D eigenvalue weighted by Gasteiger charge is -2.09. The van der Waals surface area contributed by atoms with Crippen LogP contribution in [-0.4, -0.2) is 41.0 Å². The van der Waals surface area contributed by atoms with E-state index in [1.807, 2.05) is 19.0 Å². The topological polar surface area (TPSA) is 106 Å². The van der Waals surface area contributed by atoms with Crippen LogP contribution in [-0.2, 0) is 13.1 Å². The fraction of sp³-hybridized carbons (Fsp3) is 0.312. The van der Waals surface area contributed by atoms with Gasteiger partial charge in [-0.15, -0.1) is 36.2 Å². The second-order valence-corrected chi connectivity index (χ2v) is 6.73. The summed E-state index contributed by atoms with van der Waals surface area (Å²) in [6.45, 7) is 1.51. The smallest absolute Gasteiger partial charge is 0.408 e. The molecule has 0 saturated heterocycles. The minimum atomic E-state index is -0.410. The number of aromatic nitrogens is 2. The van der Waals surface area contributed by atoms with Crippen LogP contribution in [0, 0.1) is 0 Å². The summed E-state index contributed by atoms with van der Waals surface area (Å²) in [5, 5.41) is 5.16. The van der Waals surface area contributed by atoms with Crippen LogP contribution in [0.1, 0.15) is 15.5 Å². The lowest BCUT2D eigenvalue weighted by Crippen LogP contribution is -2.23. The van der Waals surface area contributed by atoms with Crippen LogP contribution in [0.2, 0.25) is 0 Å². The summed E-state index contributed by atoms with van der Waals surface area (Å²) in [4.78, 5) is 30.4. The number of thiazole rings is 1. The number of nitrogens with one attached hydrogen (secondary N) is 1. The van der Waals surface area contributed by atoms with E-state index in [0.29, 0.717) is 47.1 Å². The largest absolute Gasteiger partial charge is 0.419 e. The Hall–Kier alpha value is -1.91. The molecule has 0 aliphatic heterocycles. The average molecular weight is 434 g/mol.